The Labute approximate surface area is 123 Å². The summed E-state index contributed by atoms with van der Waals surface area (Å²) < 4.78 is 26.6. The number of sulfonamides is 1. The second-order valence-corrected chi connectivity index (χ2v) is 6.39. The van der Waals surface area contributed by atoms with E-state index in [1.54, 1.807) is 36.4 Å². The molecule has 0 saturated carbocycles. The lowest BCUT2D eigenvalue weighted by atomic mass is 10.1. The van der Waals surface area contributed by atoms with Crippen molar-refractivity contribution in [2.45, 2.75) is 11.3 Å². The van der Waals surface area contributed by atoms with Crippen molar-refractivity contribution in [1.29, 1.82) is 0 Å². The normalized spacial score (nSPS) is 11.4. The van der Waals surface area contributed by atoms with Crippen molar-refractivity contribution in [2.75, 3.05) is 6.54 Å². The fourth-order valence-electron chi connectivity index (χ4n) is 1.73. The molecule has 0 aliphatic heterocycles. The third kappa shape index (κ3) is 3.72. The van der Waals surface area contributed by atoms with Crippen LogP contribution in [0.3, 0.4) is 0 Å². The van der Waals surface area contributed by atoms with E-state index in [-0.39, 0.29) is 22.2 Å². The summed E-state index contributed by atoms with van der Waals surface area (Å²) in [5.74, 6) is 0.186. The van der Waals surface area contributed by atoms with Crippen molar-refractivity contribution in [3.8, 4) is 5.75 Å². The number of hydrogen-bond acceptors (Lipinski definition) is 3. The minimum Gasteiger partial charge on any atom is -0.508 e. The predicted octanol–water partition coefficient (Wildman–Crippen LogP) is 2.57. The van der Waals surface area contributed by atoms with Gasteiger partial charge in [-0.3, -0.25) is 0 Å². The van der Waals surface area contributed by atoms with Gasteiger partial charge in [-0.2, -0.15) is 0 Å². The second-order valence-electron chi connectivity index (χ2n) is 4.24. The van der Waals surface area contributed by atoms with Crippen LogP contribution in [0.2, 0.25) is 5.02 Å². The number of benzene rings is 2. The maximum Gasteiger partial charge on any atom is 0.242 e. The van der Waals surface area contributed by atoms with Crippen LogP contribution in [0.15, 0.2) is 53.4 Å². The molecule has 2 N–H and O–H groups in total. The van der Waals surface area contributed by atoms with Crippen LogP contribution in [0.4, 0.5) is 0 Å². The summed E-state index contributed by atoms with van der Waals surface area (Å²) in [6.07, 6.45) is 0.532. The van der Waals surface area contributed by atoms with Crippen molar-refractivity contribution in [2.24, 2.45) is 0 Å². The smallest absolute Gasteiger partial charge is 0.242 e. The fourth-order valence-corrected chi connectivity index (χ4v) is 3.28. The summed E-state index contributed by atoms with van der Waals surface area (Å²) in [6.45, 7) is 0.262. The van der Waals surface area contributed by atoms with Crippen molar-refractivity contribution < 1.29 is 13.5 Å². The van der Waals surface area contributed by atoms with Gasteiger partial charge >= 0.3 is 0 Å². The van der Waals surface area contributed by atoms with Crippen molar-refractivity contribution in [3.63, 3.8) is 0 Å². The lowest BCUT2D eigenvalue weighted by Gasteiger charge is -2.08. The molecule has 106 valence electrons. The summed E-state index contributed by atoms with van der Waals surface area (Å²) in [7, 11) is -3.60. The molecule has 0 spiro atoms. The quantitative estimate of drug-likeness (QED) is 0.892. The van der Waals surface area contributed by atoms with E-state index in [1.165, 1.54) is 12.1 Å². The Morgan fingerprint density at radius 1 is 1.05 bits per heavy atom. The molecule has 0 atom stereocenters. The molecule has 2 aromatic carbocycles. The largest absolute Gasteiger partial charge is 0.508 e. The molecule has 20 heavy (non-hydrogen) atoms. The molecule has 0 aliphatic carbocycles. The highest BCUT2D eigenvalue weighted by Gasteiger charge is 2.16. The molecule has 0 saturated heterocycles. The van der Waals surface area contributed by atoms with Gasteiger partial charge in [0.2, 0.25) is 10.0 Å². The zero-order valence-corrected chi connectivity index (χ0v) is 12.2. The molecule has 0 aromatic heterocycles. The first-order chi connectivity index (χ1) is 9.49. The van der Waals surface area contributed by atoms with Crippen LogP contribution in [-0.2, 0) is 16.4 Å². The third-order valence-electron chi connectivity index (χ3n) is 2.77. The lowest BCUT2D eigenvalue weighted by molar-refractivity contribution is 0.475. The topological polar surface area (TPSA) is 66.4 Å². The second kappa shape index (κ2) is 6.26. The van der Waals surface area contributed by atoms with Crippen LogP contribution in [0.25, 0.3) is 0 Å². The minimum atomic E-state index is -3.60. The molecule has 2 rings (SSSR count). The van der Waals surface area contributed by atoms with Crippen LogP contribution < -0.4 is 4.72 Å². The lowest BCUT2D eigenvalue weighted by Crippen LogP contribution is -2.26. The van der Waals surface area contributed by atoms with Crippen LogP contribution in [0.5, 0.6) is 5.75 Å². The highest BCUT2D eigenvalue weighted by Crippen LogP contribution is 2.20. The van der Waals surface area contributed by atoms with Gasteiger partial charge in [-0.05, 0) is 36.2 Å². The van der Waals surface area contributed by atoms with Gasteiger partial charge in [0, 0.05) is 6.54 Å². The van der Waals surface area contributed by atoms with E-state index in [9.17, 15) is 8.42 Å². The van der Waals surface area contributed by atoms with Gasteiger partial charge in [0.05, 0.1) is 5.02 Å². The number of phenols is 1. The average Bonchev–Trinajstić information content (AvgIpc) is 2.41. The van der Waals surface area contributed by atoms with Crippen molar-refractivity contribution in [1.82, 2.24) is 4.72 Å². The highest BCUT2D eigenvalue weighted by molar-refractivity contribution is 7.89. The molecule has 0 amide bonds. The maximum absolute atomic E-state index is 12.1. The number of halogens is 1. The monoisotopic (exact) mass is 311 g/mol. The van der Waals surface area contributed by atoms with E-state index in [0.29, 0.717) is 6.42 Å². The number of hydrogen-bond donors (Lipinski definition) is 2. The zero-order valence-electron chi connectivity index (χ0n) is 10.6. The fraction of sp³-hybridized carbons (Fsp3) is 0.143. The summed E-state index contributed by atoms with van der Waals surface area (Å²) in [6, 6.07) is 12.9. The number of aromatic hydroxyl groups is 1. The first-order valence-electron chi connectivity index (χ1n) is 6.01. The molecular weight excluding hydrogens is 298 g/mol. The number of nitrogens with one attached hydrogen (secondary N) is 1. The average molecular weight is 312 g/mol. The Morgan fingerprint density at radius 3 is 2.35 bits per heavy atom. The maximum atomic E-state index is 12.1. The van der Waals surface area contributed by atoms with E-state index in [1.807, 2.05) is 0 Å². The van der Waals surface area contributed by atoms with Gasteiger partial charge in [0.15, 0.2) is 0 Å². The Morgan fingerprint density at radius 2 is 1.70 bits per heavy atom. The van der Waals surface area contributed by atoms with E-state index in [0.717, 1.165) is 5.56 Å². The summed E-state index contributed by atoms with van der Waals surface area (Å²) >= 11 is 5.88. The summed E-state index contributed by atoms with van der Waals surface area (Å²) in [5.41, 5.74) is 0.935. The molecule has 2 aromatic rings. The Bertz CT molecular complexity index is 684. The molecule has 4 nitrogen and oxygen atoms in total. The standard InChI is InChI=1S/C14H14ClNO3S/c15-13-3-1-2-4-14(13)20(18,19)16-10-9-11-5-7-12(17)8-6-11/h1-8,16-17H,9-10H2. The van der Waals surface area contributed by atoms with E-state index in [4.69, 9.17) is 16.7 Å². The summed E-state index contributed by atoms with van der Waals surface area (Å²) in [4.78, 5) is 0.0763. The molecule has 0 radical (unpaired) electrons. The van der Waals surface area contributed by atoms with Crippen molar-refractivity contribution in [3.05, 3.63) is 59.1 Å². The molecular formula is C14H14ClNO3S. The third-order valence-corrected chi connectivity index (χ3v) is 4.73. The molecule has 0 aliphatic rings. The Hall–Kier alpha value is -1.56. The zero-order chi connectivity index (χ0) is 14.6. The number of phenolic OH excluding ortho intramolecular Hbond substituents is 1. The van der Waals surface area contributed by atoms with Gasteiger partial charge in [-0.25, -0.2) is 13.1 Å². The van der Waals surface area contributed by atoms with Gasteiger partial charge in [0.25, 0.3) is 0 Å². The van der Waals surface area contributed by atoms with E-state index >= 15 is 0 Å². The molecule has 0 heterocycles. The van der Waals surface area contributed by atoms with Crippen LogP contribution in [0.1, 0.15) is 5.56 Å². The van der Waals surface area contributed by atoms with Gasteiger partial charge in [-0.1, -0.05) is 35.9 Å². The Balaban J connectivity index is 2.00. The summed E-state index contributed by atoms with van der Waals surface area (Å²) in [5, 5.41) is 9.36. The molecule has 0 bridgehead atoms. The van der Waals surface area contributed by atoms with Gasteiger partial charge in [0.1, 0.15) is 10.6 Å². The van der Waals surface area contributed by atoms with E-state index < -0.39 is 10.0 Å². The SMILES string of the molecule is O=S(=O)(NCCc1ccc(O)cc1)c1ccccc1Cl. The molecule has 0 fully saturated rings. The van der Waals surface area contributed by atoms with Gasteiger partial charge in [-0.15, -0.1) is 0 Å². The molecule has 0 unspecified atom stereocenters. The predicted molar refractivity (Wildman–Crippen MR) is 78.5 cm³/mol. The first kappa shape index (κ1) is 14.8. The van der Waals surface area contributed by atoms with Crippen molar-refractivity contribution >= 4 is 21.6 Å². The number of rotatable bonds is 5. The first-order valence-corrected chi connectivity index (χ1v) is 7.87. The van der Waals surface area contributed by atoms with Crippen LogP contribution in [0, 0.1) is 0 Å². The van der Waals surface area contributed by atoms with Crippen LogP contribution >= 0.6 is 11.6 Å². The molecule has 6 heteroatoms. The highest BCUT2D eigenvalue weighted by atomic mass is 35.5. The van der Waals surface area contributed by atoms with Gasteiger partial charge < -0.3 is 5.11 Å². The van der Waals surface area contributed by atoms with E-state index in [2.05, 4.69) is 4.72 Å². The Kier molecular flexibility index (Phi) is 4.65. The van der Waals surface area contributed by atoms with Crippen LogP contribution in [-0.4, -0.2) is 20.1 Å². The minimum absolute atomic E-state index is 0.0763.